The highest BCUT2D eigenvalue weighted by atomic mass is 16.4. The van der Waals surface area contributed by atoms with Gasteiger partial charge in [-0.25, -0.2) is 0 Å². The van der Waals surface area contributed by atoms with Gasteiger partial charge in [0, 0.05) is 12.8 Å². The van der Waals surface area contributed by atoms with Crippen molar-refractivity contribution in [3.05, 3.63) is 0 Å². The molecule has 0 aliphatic carbocycles. The van der Waals surface area contributed by atoms with E-state index in [1.54, 1.807) is 0 Å². The molecule has 0 aliphatic heterocycles. The van der Waals surface area contributed by atoms with Crippen molar-refractivity contribution in [1.29, 1.82) is 0 Å². The van der Waals surface area contributed by atoms with Crippen molar-refractivity contribution in [1.82, 2.24) is 0 Å². The zero-order chi connectivity index (χ0) is 17.3. The maximum atomic E-state index is 11.8. The quantitative estimate of drug-likeness (QED) is 0.535. The number of hydrogen-bond acceptors (Lipinski definition) is 3. The molecule has 0 unspecified atom stereocenters. The van der Waals surface area contributed by atoms with Crippen LogP contribution in [-0.4, -0.2) is 27.9 Å². The van der Waals surface area contributed by atoms with E-state index in [-0.39, 0.29) is 12.2 Å². The van der Waals surface area contributed by atoms with Gasteiger partial charge in [-0.05, 0) is 37.0 Å². The van der Waals surface area contributed by atoms with E-state index in [4.69, 9.17) is 10.2 Å². The number of carboxylic acids is 2. The lowest BCUT2D eigenvalue weighted by molar-refractivity contribution is -0.156. The number of carboxylic acid groups (broad SMARTS) is 2. The number of Topliss-reactive ketones (excluding diaryl/α,β-unsaturated/α-hetero) is 1. The fourth-order valence-corrected chi connectivity index (χ4v) is 2.53. The largest absolute Gasteiger partial charge is 0.481 e. The van der Waals surface area contributed by atoms with E-state index in [0.29, 0.717) is 31.6 Å². The molecular formula is C17H30O5. The highest BCUT2D eigenvalue weighted by Crippen LogP contribution is 2.31. The van der Waals surface area contributed by atoms with Crippen LogP contribution in [-0.2, 0) is 14.4 Å². The number of ketones is 1. The first-order chi connectivity index (χ1) is 10.0. The molecule has 128 valence electrons. The van der Waals surface area contributed by atoms with Crippen LogP contribution < -0.4 is 0 Å². The smallest absolute Gasteiger partial charge is 0.317 e. The molecule has 0 spiro atoms. The van der Waals surface area contributed by atoms with Gasteiger partial charge in [-0.3, -0.25) is 14.4 Å². The molecule has 0 heterocycles. The van der Waals surface area contributed by atoms with Crippen molar-refractivity contribution in [2.24, 2.45) is 17.3 Å². The predicted octanol–water partition coefficient (Wildman–Crippen LogP) is 3.75. The summed E-state index contributed by atoms with van der Waals surface area (Å²) in [4.78, 5) is 33.6. The topological polar surface area (TPSA) is 91.7 Å². The van der Waals surface area contributed by atoms with Crippen LogP contribution >= 0.6 is 0 Å². The summed E-state index contributed by atoms with van der Waals surface area (Å²) in [6, 6.07) is 0. The average Bonchev–Trinajstić information content (AvgIpc) is 2.34. The van der Waals surface area contributed by atoms with Gasteiger partial charge in [0.2, 0.25) is 0 Å². The van der Waals surface area contributed by atoms with Crippen LogP contribution in [0, 0.1) is 17.3 Å². The third kappa shape index (κ3) is 9.53. The Morgan fingerprint density at radius 1 is 0.955 bits per heavy atom. The normalized spacial score (nSPS) is 11.9. The summed E-state index contributed by atoms with van der Waals surface area (Å²) in [5.74, 6) is -3.13. The Balaban J connectivity index is 4.14. The minimum absolute atomic E-state index is 0.0825. The lowest BCUT2D eigenvalue weighted by Crippen LogP contribution is -2.29. The highest BCUT2D eigenvalue weighted by molar-refractivity contribution is 5.92. The third-order valence-corrected chi connectivity index (χ3v) is 3.90. The highest BCUT2D eigenvalue weighted by Gasteiger charge is 2.32. The van der Waals surface area contributed by atoms with Crippen molar-refractivity contribution >= 4 is 17.7 Å². The molecule has 0 aromatic carbocycles. The van der Waals surface area contributed by atoms with Gasteiger partial charge in [-0.2, -0.15) is 0 Å². The van der Waals surface area contributed by atoms with Crippen molar-refractivity contribution in [3.8, 4) is 0 Å². The molecule has 2 N–H and O–H groups in total. The SMILES string of the molecule is CC(C)CCCC(=O)CCCC(C)(C)CC(C(=O)O)C(=O)O. The Hall–Kier alpha value is -1.39. The van der Waals surface area contributed by atoms with Gasteiger partial charge >= 0.3 is 11.9 Å². The summed E-state index contributed by atoms with van der Waals surface area (Å²) in [7, 11) is 0. The monoisotopic (exact) mass is 314 g/mol. The van der Waals surface area contributed by atoms with E-state index in [1.165, 1.54) is 0 Å². The first kappa shape index (κ1) is 20.6. The predicted molar refractivity (Wildman–Crippen MR) is 84.7 cm³/mol. The fraction of sp³-hybridized carbons (Fsp3) is 0.824. The first-order valence-electron chi connectivity index (χ1n) is 8.02. The van der Waals surface area contributed by atoms with Crippen molar-refractivity contribution in [2.45, 2.75) is 72.6 Å². The van der Waals surface area contributed by atoms with Crippen LogP contribution in [0.25, 0.3) is 0 Å². The van der Waals surface area contributed by atoms with Gasteiger partial charge in [-0.15, -0.1) is 0 Å². The van der Waals surface area contributed by atoms with Gasteiger partial charge in [0.25, 0.3) is 0 Å². The molecule has 0 aromatic rings. The lowest BCUT2D eigenvalue weighted by atomic mass is 9.78. The van der Waals surface area contributed by atoms with Crippen LogP contribution in [0.15, 0.2) is 0 Å². The van der Waals surface area contributed by atoms with Crippen LogP contribution in [0.5, 0.6) is 0 Å². The minimum atomic E-state index is -1.38. The number of carbonyl (C=O) groups is 3. The van der Waals surface area contributed by atoms with E-state index >= 15 is 0 Å². The molecular weight excluding hydrogens is 284 g/mol. The minimum Gasteiger partial charge on any atom is -0.481 e. The third-order valence-electron chi connectivity index (χ3n) is 3.90. The van der Waals surface area contributed by atoms with E-state index in [0.717, 1.165) is 12.8 Å². The second kappa shape index (κ2) is 9.59. The Morgan fingerprint density at radius 3 is 1.91 bits per heavy atom. The Kier molecular flexibility index (Phi) is 8.99. The van der Waals surface area contributed by atoms with Crippen LogP contribution in [0.4, 0.5) is 0 Å². The Morgan fingerprint density at radius 2 is 1.45 bits per heavy atom. The molecule has 5 nitrogen and oxygen atoms in total. The summed E-state index contributed by atoms with van der Waals surface area (Å²) in [6.45, 7) is 7.98. The molecule has 0 radical (unpaired) electrons. The second-order valence-corrected chi connectivity index (χ2v) is 7.28. The summed E-state index contributed by atoms with van der Waals surface area (Å²) < 4.78 is 0. The molecule has 0 rings (SSSR count). The summed E-state index contributed by atoms with van der Waals surface area (Å²) >= 11 is 0. The van der Waals surface area contributed by atoms with Gasteiger partial charge in [0.05, 0.1) is 0 Å². The number of rotatable bonds is 12. The van der Waals surface area contributed by atoms with E-state index < -0.39 is 23.3 Å². The zero-order valence-corrected chi connectivity index (χ0v) is 14.2. The first-order valence-corrected chi connectivity index (χ1v) is 8.02. The van der Waals surface area contributed by atoms with Crippen LogP contribution in [0.1, 0.15) is 72.6 Å². The van der Waals surface area contributed by atoms with Crippen LogP contribution in [0.3, 0.4) is 0 Å². The molecule has 22 heavy (non-hydrogen) atoms. The van der Waals surface area contributed by atoms with E-state index in [9.17, 15) is 14.4 Å². The van der Waals surface area contributed by atoms with Gasteiger partial charge < -0.3 is 10.2 Å². The zero-order valence-electron chi connectivity index (χ0n) is 14.2. The van der Waals surface area contributed by atoms with Gasteiger partial charge in [0.1, 0.15) is 5.78 Å². The number of carbonyl (C=O) groups excluding carboxylic acids is 1. The molecule has 0 aromatic heterocycles. The van der Waals surface area contributed by atoms with E-state index in [2.05, 4.69) is 13.8 Å². The summed E-state index contributed by atoms with van der Waals surface area (Å²) in [5, 5.41) is 17.9. The Labute approximate surface area is 133 Å². The molecule has 0 saturated heterocycles. The molecule has 0 aliphatic rings. The Bertz CT molecular complexity index is 371. The molecule has 5 heteroatoms. The number of aliphatic carboxylic acids is 2. The summed E-state index contributed by atoms with van der Waals surface area (Å²) in [6.07, 6.45) is 4.48. The second-order valence-electron chi connectivity index (χ2n) is 7.28. The fourth-order valence-electron chi connectivity index (χ4n) is 2.53. The molecule has 0 saturated carbocycles. The number of hydrogen-bond donors (Lipinski definition) is 2. The summed E-state index contributed by atoms with van der Waals surface area (Å²) in [5.41, 5.74) is -0.403. The maximum Gasteiger partial charge on any atom is 0.317 e. The van der Waals surface area contributed by atoms with Crippen molar-refractivity contribution in [3.63, 3.8) is 0 Å². The molecule has 0 bridgehead atoms. The molecule has 0 amide bonds. The van der Waals surface area contributed by atoms with Gasteiger partial charge in [-0.1, -0.05) is 34.1 Å². The molecule has 0 atom stereocenters. The van der Waals surface area contributed by atoms with Gasteiger partial charge in [0.15, 0.2) is 5.92 Å². The van der Waals surface area contributed by atoms with Crippen molar-refractivity contribution in [2.75, 3.05) is 0 Å². The van der Waals surface area contributed by atoms with E-state index in [1.807, 2.05) is 13.8 Å². The standard InChI is InChI=1S/C17H30O5/c1-12(2)7-5-8-13(18)9-6-10-17(3,4)11-14(15(19)20)16(21)22/h12,14H,5-11H2,1-4H3,(H,19,20)(H,21,22). The van der Waals surface area contributed by atoms with Crippen LogP contribution in [0.2, 0.25) is 0 Å². The maximum absolute atomic E-state index is 11.8. The van der Waals surface area contributed by atoms with Crippen molar-refractivity contribution < 1.29 is 24.6 Å². The average molecular weight is 314 g/mol. The lowest BCUT2D eigenvalue weighted by Gasteiger charge is -2.26. The molecule has 0 fully saturated rings.